The van der Waals surface area contributed by atoms with Crippen LogP contribution in [-0.4, -0.2) is 28.6 Å². The number of aromatic nitrogens is 4. The van der Waals surface area contributed by atoms with Gasteiger partial charge in [-0.1, -0.05) is 35.9 Å². The van der Waals surface area contributed by atoms with Gasteiger partial charge in [-0.2, -0.15) is 4.68 Å². The smallest absolute Gasteiger partial charge is 0.207 e. The first-order chi connectivity index (χ1) is 11.9. The minimum absolute atomic E-state index is 0.00299. The number of aryl methyl sites for hydroxylation is 3. The molecule has 0 unspecified atom stereocenters. The van der Waals surface area contributed by atoms with Crippen molar-refractivity contribution in [2.75, 3.05) is 0 Å². The van der Waals surface area contributed by atoms with Crippen molar-refractivity contribution >= 4 is 10.0 Å². The molecule has 0 saturated carbocycles. The predicted molar refractivity (Wildman–Crippen MR) is 93.8 cm³/mol. The van der Waals surface area contributed by atoms with E-state index in [1.807, 2.05) is 49.4 Å². The standard InChI is InChI=1S/C17H19N5O2S/c1-12-9-13(2)17(14(3)10-12)25(23,24)18-11-16-19-20-21-22(16)15-7-5-4-6-8-15/h4-10,18H,11H2,1-3H3. The fourth-order valence-electron chi connectivity index (χ4n) is 2.91. The summed E-state index contributed by atoms with van der Waals surface area (Å²) in [5.74, 6) is 0.414. The highest BCUT2D eigenvalue weighted by atomic mass is 32.2. The highest BCUT2D eigenvalue weighted by molar-refractivity contribution is 7.89. The summed E-state index contributed by atoms with van der Waals surface area (Å²) in [5, 5.41) is 11.5. The van der Waals surface area contributed by atoms with Gasteiger partial charge in [-0.25, -0.2) is 13.1 Å². The number of hydrogen-bond acceptors (Lipinski definition) is 5. The highest BCUT2D eigenvalue weighted by Crippen LogP contribution is 2.21. The van der Waals surface area contributed by atoms with E-state index in [0.717, 1.165) is 11.3 Å². The molecule has 0 atom stereocenters. The third-order valence-corrected chi connectivity index (χ3v) is 5.53. The number of benzene rings is 2. The Hall–Kier alpha value is -2.58. The molecule has 1 N–H and O–H groups in total. The minimum Gasteiger partial charge on any atom is -0.207 e. The van der Waals surface area contributed by atoms with Gasteiger partial charge in [-0.15, -0.1) is 5.10 Å². The molecular weight excluding hydrogens is 338 g/mol. The van der Waals surface area contributed by atoms with Gasteiger partial charge >= 0.3 is 0 Å². The third kappa shape index (κ3) is 3.59. The maximum atomic E-state index is 12.7. The second-order valence-electron chi connectivity index (χ2n) is 5.89. The minimum atomic E-state index is -3.67. The maximum absolute atomic E-state index is 12.7. The number of hydrogen-bond donors (Lipinski definition) is 1. The van der Waals surface area contributed by atoms with Crippen molar-refractivity contribution in [2.24, 2.45) is 0 Å². The monoisotopic (exact) mass is 357 g/mol. The SMILES string of the molecule is Cc1cc(C)c(S(=O)(=O)NCc2nnnn2-c2ccccc2)c(C)c1. The molecule has 0 aliphatic rings. The van der Waals surface area contributed by atoms with Crippen LogP contribution in [0.1, 0.15) is 22.5 Å². The Morgan fingerprint density at radius 3 is 2.32 bits per heavy atom. The van der Waals surface area contributed by atoms with Crippen molar-refractivity contribution in [1.82, 2.24) is 24.9 Å². The molecule has 2 aromatic carbocycles. The lowest BCUT2D eigenvalue weighted by Gasteiger charge is -2.13. The lowest BCUT2D eigenvalue weighted by atomic mass is 10.1. The molecule has 0 fully saturated rings. The van der Waals surface area contributed by atoms with Crippen LogP contribution in [0.25, 0.3) is 5.69 Å². The first-order valence-corrected chi connectivity index (χ1v) is 9.27. The van der Waals surface area contributed by atoms with Crippen molar-refractivity contribution in [3.05, 3.63) is 65.0 Å². The highest BCUT2D eigenvalue weighted by Gasteiger charge is 2.21. The molecule has 0 aliphatic heterocycles. The Morgan fingerprint density at radius 1 is 1.04 bits per heavy atom. The van der Waals surface area contributed by atoms with E-state index in [9.17, 15) is 8.42 Å². The van der Waals surface area contributed by atoms with Gasteiger partial charge in [-0.05, 0) is 54.5 Å². The van der Waals surface area contributed by atoms with Crippen molar-refractivity contribution < 1.29 is 8.42 Å². The van der Waals surface area contributed by atoms with E-state index in [-0.39, 0.29) is 6.54 Å². The molecule has 0 amide bonds. The largest absolute Gasteiger partial charge is 0.241 e. The number of nitrogens with zero attached hydrogens (tertiary/aromatic N) is 4. The Bertz CT molecular complexity index is 974. The zero-order chi connectivity index (χ0) is 18.0. The van der Waals surface area contributed by atoms with Crippen molar-refractivity contribution in [1.29, 1.82) is 0 Å². The number of sulfonamides is 1. The lowest BCUT2D eigenvalue weighted by Crippen LogP contribution is -2.26. The van der Waals surface area contributed by atoms with Crippen LogP contribution >= 0.6 is 0 Å². The lowest BCUT2D eigenvalue weighted by molar-refractivity contribution is 0.576. The molecule has 0 bridgehead atoms. The fourth-order valence-corrected chi connectivity index (χ4v) is 4.34. The molecule has 1 heterocycles. The molecule has 8 heteroatoms. The van der Waals surface area contributed by atoms with Crippen LogP contribution in [-0.2, 0) is 16.6 Å². The van der Waals surface area contributed by atoms with Crippen LogP contribution in [0.2, 0.25) is 0 Å². The van der Waals surface area contributed by atoms with E-state index >= 15 is 0 Å². The van der Waals surface area contributed by atoms with E-state index in [1.165, 1.54) is 4.68 Å². The summed E-state index contributed by atoms with van der Waals surface area (Å²) in [6.45, 7) is 5.53. The number of nitrogens with one attached hydrogen (secondary N) is 1. The third-order valence-electron chi connectivity index (χ3n) is 3.83. The molecular formula is C17H19N5O2S. The Balaban J connectivity index is 1.87. The van der Waals surface area contributed by atoms with Crippen LogP contribution in [0.15, 0.2) is 47.4 Å². The zero-order valence-corrected chi connectivity index (χ0v) is 15.1. The molecule has 3 rings (SSSR count). The molecule has 0 radical (unpaired) electrons. The topological polar surface area (TPSA) is 89.8 Å². The van der Waals surface area contributed by atoms with Gasteiger partial charge < -0.3 is 0 Å². The first kappa shape index (κ1) is 17.2. The fraction of sp³-hybridized carbons (Fsp3) is 0.235. The summed E-state index contributed by atoms with van der Waals surface area (Å²) in [7, 11) is -3.67. The van der Waals surface area contributed by atoms with Gasteiger partial charge in [0.25, 0.3) is 0 Å². The number of tetrazole rings is 1. The van der Waals surface area contributed by atoms with E-state index < -0.39 is 10.0 Å². The van der Waals surface area contributed by atoms with Gasteiger partial charge in [0.1, 0.15) is 0 Å². The van der Waals surface area contributed by atoms with E-state index in [0.29, 0.717) is 21.8 Å². The van der Waals surface area contributed by atoms with Gasteiger partial charge in [0, 0.05) is 0 Å². The predicted octanol–water partition coefficient (Wildman–Crippen LogP) is 2.07. The van der Waals surface area contributed by atoms with Gasteiger partial charge in [-0.3, -0.25) is 0 Å². The van der Waals surface area contributed by atoms with Gasteiger partial charge in [0.15, 0.2) is 5.82 Å². The molecule has 3 aromatic rings. The van der Waals surface area contributed by atoms with Crippen LogP contribution in [0.3, 0.4) is 0 Å². The summed E-state index contributed by atoms with van der Waals surface area (Å²) >= 11 is 0. The quantitative estimate of drug-likeness (QED) is 0.755. The van der Waals surface area contributed by atoms with Crippen molar-refractivity contribution in [3.63, 3.8) is 0 Å². The first-order valence-electron chi connectivity index (χ1n) is 7.78. The summed E-state index contributed by atoms with van der Waals surface area (Å²) in [6.07, 6.45) is 0. The normalized spacial score (nSPS) is 11.6. The molecule has 1 aromatic heterocycles. The zero-order valence-electron chi connectivity index (χ0n) is 14.3. The molecule has 130 valence electrons. The molecule has 0 spiro atoms. The molecule has 7 nitrogen and oxygen atoms in total. The molecule has 0 aliphatic carbocycles. The van der Waals surface area contributed by atoms with Crippen LogP contribution in [0.4, 0.5) is 0 Å². The van der Waals surface area contributed by atoms with Crippen LogP contribution < -0.4 is 4.72 Å². The average Bonchev–Trinajstić information content (AvgIpc) is 3.01. The van der Waals surface area contributed by atoms with Crippen molar-refractivity contribution in [3.8, 4) is 5.69 Å². The maximum Gasteiger partial charge on any atom is 0.241 e. The summed E-state index contributed by atoms with van der Waals surface area (Å²) in [6, 6.07) is 13.0. The summed E-state index contributed by atoms with van der Waals surface area (Å²) in [5.41, 5.74) is 3.23. The second-order valence-corrected chi connectivity index (χ2v) is 7.60. The van der Waals surface area contributed by atoms with E-state index in [1.54, 1.807) is 13.8 Å². The Kier molecular flexibility index (Phi) is 4.65. The summed E-state index contributed by atoms with van der Waals surface area (Å²) < 4.78 is 29.6. The van der Waals surface area contributed by atoms with Crippen LogP contribution in [0.5, 0.6) is 0 Å². The van der Waals surface area contributed by atoms with E-state index in [4.69, 9.17) is 0 Å². The Labute approximate surface area is 146 Å². The number of para-hydroxylation sites is 1. The van der Waals surface area contributed by atoms with Gasteiger partial charge in [0.2, 0.25) is 10.0 Å². The molecule has 25 heavy (non-hydrogen) atoms. The number of rotatable bonds is 5. The van der Waals surface area contributed by atoms with Crippen molar-refractivity contribution in [2.45, 2.75) is 32.2 Å². The van der Waals surface area contributed by atoms with Gasteiger partial charge in [0.05, 0.1) is 17.1 Å². The van der Waals surface area contributed by atoms with Crippen LogP contribution in [0, 0.1) is 20.8 Å². The second kappa shape index (κ2) is 6.73. The van der Waals surface area contributed by atoms with E-state index in [2.05, 4.69) is 20.2 Å². The average molecular weight is 357 g/mol. The summed E-state index contributed by atoms with van der Waals surface area (Å²) in [4.78, 5) is 0.303. The Morgan fingerprint density at radius 2 is 1.68 bits per heavy atom. The molecule has 0 saturated heterocycles.